The van der Waals surface area contributed by atoms with Gasteiger partial charge in [-0.2, -0.15) is 8.78 Å². The molecule has 0 unspecified atom stereocenters. The van der Waals surface area contributed by atoms with Crippen LogP contribution < -0.4 is 10.1 Å². The molecular formula is C16H16F2N2O5S. The van der Waals surface area contributed by atoms with Crippen molar-refractivity contribution in [3.05, 3.63) is 34.7 Å². The molecule has 1 N–H and O–H groups in total. The van der Waals surface area contributed by atoms with Crippen molar-refractivity contribution in [3.8, 4) is 5.75 Å². The summed E-state index contributed by atoms with van der Waals surface area (Å²) in [6.07, 6.45) is 1.49. The number of carbonyl (C=O) groups is 3. The van der Waals surface area contributed by atoms with Crippen molar-refractivity contribution in [2.75, 3.05) is 26.8 Å². The molecule has 1 heterocycles. The number of ether oxygens (including phenoxy) is 2. The van der Waals surface area contributed by atoms with Gasteiger partial charge in [0.2, 0.25) is 5.91 Å². The standard InChI is InChI=1S/C16H16F2N2O5S/c1-24-9-13(21)19-6-7-20-14(22)12(26-16(20)23)8-10-2-4-11(5-3-10)25-15(17)18/h2-5,8,15H,6-7,9H2,1H3,(H,19,21)/b12-8+. The number of thioether (sulfide) groups is 1. The summed E-state index contributed by atoms with van der Waals surface area (Å²) in [7, 11) is 1.38. The highest BCUT2D eigenvalue weighted by atomic mass is 32.2. The number of amides is 3. The summed E-state index contributed by atoms with van der Waals surface area (Å²) in [6.45, 7) is -2.86. The van der Waals surface area contributed by atoms with Crippen LogP contribution in [0.2, 0.25) is 0 Å². The molecule has 1 fully saturated rings. The summed E-state index contributed by atoms with van der Waals surface area (Å²) >= 11 is 0.770. The Morgan fingerprint density at radius 3 is 2.62 bits per heavy atom. The number of hydrogen-bond acceptors (Lipinski definition) is 6. The third kappa shape index (κ3) is 5.53. The van der Waals surface area contributed by atoms with Crippen molar-refractivity contribution < 1.29 is 32.6 Å². The average Bonchev–Trinajstić information content (AvgIpc) is 2.84. The number of methoxy groups -OCH3 is 1. The number of carbonyl (C=O) groups excluding carboxylic acids is 3. The van der Waals surface area contributed by atoms with Crippen LogP contribution in [0.1, 0.15) is 5.56 Å². The van der Waals surface area contributed by atoms with E-state index in [4.69, 9.17) is 0 Å². The number of rotatable bonds is 8. The topological polar surface area (TPSA) is 84.9 Å². The van der Waals surface area contributed by atoms with Gasteiger partial charge in [0.1, 0.15) is 12.4 Å². The maximum absolute atomic E-state index is 12.3. The zero-order valence-electron chi connectivity index (χ0n) is 13.7. The number of alkyl halides is 2. The highest BCUT2D eigenvalue weighted by molar-refractivity contribution is 8.18. The zero-order chi connectivity index (χ0) is 19.1. The van der Waals surface area contributed by atoms with E-state index in [1.807, 2.05) is 0 Å². The second-order valence-electron chi connectivity index (χ2n) is 5.06. The SMILES string of the molecule is COCC(=O)NCCN1C(=O)S/C(=C/c2ccc(OC(F)F)cc2)C1=O. The molecule has 3 amide bonds. The molecular weight excluding hydrogens is 370 g/mol. The van der Waals surface area contributed by atoms with Crippen molar-refractivity contribution in [1.29, 1.82) is 0 Å². The smallest absolute Gasteiger partial charge is 0.387 e. The van der Waals surface area contributed by atoms with E-state index in [1.54, 1.807) is 0 Å². The normalized spacial score (nSPS) is 15.8. The molecule has 0 atom stereocenters. The fourth-order valence-corrected chi connectivity index (χ4v) is 2.94. The van der Waals surface area contributed by atoms with E-state index >= 15 is 0 Å². The summed E-state index contributed by atoms with van der Waals surface area (Å²) in [5.74, 6) is -0.827. The van der Waals surface area contributed by atoms with E-state index in [0.717, 1.165) is 16.7 Å². The number of imide groups is 1. The molecule has 1 aromatic carbocycles. The van der Waals surface area contributed by atoms with E-state index in [2.05, 4.69) is 14.8 Å². The molecule has 26 heavy (non-hydrogen) atoms. The molecule has 1 aliphatic rings. The molecule has 1 aromatic rings. The first-order chi connectivity index (χ1) is 12.4. The van der Waals surface area contributed by atoms with E-state index in [1.165, 1.54) is 37.5 Å². The third-order valence-electron chi connectivity index (χ3n) is 3.21. The van der Waals surface area contributed by atoms with Crippen molar-refractivity contribution in [2.24, 2.45) is 0 Å². The summed E-state index contributed by atoms with van der Waals surface area (Å²) in [4.78, 5) is 36.8. The monoisotopic (exact) mass is 386 g/mol. The maximum atomic E-state index is 12.3. The van der Waals surface area contributed by atoms with Crippen molar-refractivity contribution >= 4 is 34.9 Å². The van der Waals surface area contributed by atoms with Crippen LogP contribution in [0.4, 0.5) is 13.6 Å². The fraction of sp³-hybridized carbons (Fsp3) is 0.312. The van der Waals surface area contributed by atoms with Gasteiger partial charge in [0.05, 0.1) is 4.91 Å². The number of benzene rings is 1. The lowest BCUT2D eigenvalue weighted by Gasteiger charge is -2.12. The first-order valence-electron chi connectivity index (χ1n) is 7.46. The average molecular weight is 386 g/mol. The Kier molecular flexibility index (Phi) is 7.10. The molecule has 0 bridgehead atoms. The van der Waals surface area contributed by atoms with Crippen LogP contribution in [0, 0.1) is 0 Å². The molecule has 0 radical (unpaired) electrons. The van der Waals surface area contributed by atoms with Gasteiger partial charge in [-0.1, -0.05) is 12.1 Å². The summed E-state index contributed by atoms with van der Waals surface area (Å²) < 4.78 is 33.1. The minimum atomic E-state index is -2.92. The number of hydrogen-bond donors (Lipinski definition) is 1. The van der Waals surface area contributed by atoms with Gasteiger partial charge >= 0.3 is 6.61 Å². The summed E-state index contributed by atoms with van der Waals surface area (Å²) in [6, 6.07) is 5.68. The van der Waals surface area contributed by atoms with Gasteiger partial charge in [0.15, 0.2) is 0 Å². The molecule has 0 aromatic heterocycles. The molecule has 0 saturated carbocycles. The van der Waals surface area contributed by atoms with Gasteiger partial charge in [-0.15, -0.1) is 0 Å². The van der Waals surface area contributed by atoms with Gasteiger partial charge in [0, 0.05) is 20.2 Å². The Morgan fingerprint density at radius 2 is 2.00 bits per heavy atom. The fourth-order valence-electron chi connectivity index (χ4n) is 2.08. The van der Waals surface area contributed by atoms with Crippen LogP contribution in [0.15, 0.2) is 29.2 Å². The Balaban J connectivity index is 1.96. The molecule has 2 rings (SSSR count). The highest BCUT2D eigenvalue weighted by Crippen LogP contribution is 2.32. The Labute approximate surface area is 152 Å². The van der Waals surface area contributed by atoms with Gasteiger partial charge < -0.3 is 14.8 Å². The Morgan fingerprint density at radius 1 is 1.31 bits per heavy atom. The second-order valence-corrected chi connectivity index (χ2v) is 6.06. The minimum absolute atomic E-state index is 0.00273. The van der Waals surface area contributed by atoms with E-state index in [0.29, 0.717) is 5.56 Å². The highest BCUT2D eigenvalue weighted by Gasteiger charge is 2.34. The van der Waals surface area contributed by atoms with Gasteiger partial charge in [-0.05, 0) is 35.5 Å². The van der Waals surface area contributed by atoms with Gasteiger partial charge in [-0.3, -0.25) is 19.3 Å². The lowest BCUT2D eigenvalue weighted by Crippen LogP contribution is -2.38. The lowest BCUT2D eigenvalue weighted by molar-refractivity contribution is -0.126. The Hall–Kier alpha value is -2.46. The van der Waals surface area contributed by atoms with Crippen LogP contribution in [-0.4, -0.2) is 55.4 Å². The van der Waals surface area contributed by atoms with Gasteiger partial charge in [0.25, 0.3) is 11.1 Å². The van der Waals surface area contributed by atoms with Crippen molar-refractivity contribution in [1.82, 2.24) is 10.2 Å². The van der Waals surface area contributed by atoms with Crippen LogP contribution in [0.25, 0.3) is 6.08 Å². The number of nitrogens with zero attached hydrogens (tertiary/aromatic N) is 1. The number of halogens is 2. The largest absolute Gasteiger partial charge is 0.435 e. The van der Waals surface area contributed by atoms with E-state index in [9.17, 15) is 23.2 Å². The Bertz CT molecular complexity index is 709. The predicted molar refractivity (Wildman–Crippen MR) is 90.6 cm³/mol. The van der Waals surface area contributed by atoms with Crippen molar-refractivity contribution in [2.45, 2.75) is 6.61 Å². The minimum Gasteiger partial charge on any atom is -0.435 e. The van der Waals surface area contributed by atoms with Crippen LogP contribution in [0.5, 0.6) is 5.75 Å². The number of nitrogens with one attached hydrogen (secondary N) is 1. The third-order valence-corrected chi connectivity index (χ3v) is 4.12. The molecule has 1 aliphatic heterocycles. The van der Waals surface area contributed by atoms with Crippen molar-refractivity contribution in [3.63, 3.8) is 0 Å². The molecule has 140 valence electrons. The van der Waals surface area contributed by atoms with Crippen LogP contribution in [-0.2, 0) is 14.3 Å². The zero-order valence-corrected chi connectivity index (χ0v) is 14.6. The van der Waals surface area contributed by atoms with E-state index < -0.39 is 17.8 Å². The molecule has 0 aliphatic carbocycles. The first kappa shape index (κ1) is 19.9. The summed E-state index contributed by atoms with van der Waals surface area (Å²) in [5, 5.41) is 2.08. The molecule has 1 saturated heterocycles. The summed E-state index contributed by atoms with van der Waals surface area (Å²) in [5.41, 5.74) is 0.561. The second kappa shape index (κ2) is 9.30. The molecule has 10 heteroatoms. The van der Waals surface area contributed by atoms with Crippen LogP contribution in [0.3, 0.4) is 0 Å². The van der Waals surface area contributed by atoms with Gasteiger partial charge in [-0.25, -0.2) is 0 Å². The maximum Gasteiger partial charge on any atom is 0.387 e. The predicted octanol–water partition coefficient (Wildman–Crippen LogP) is 2.09. The lowest BCUT2D eigenvalue weighted by atomic mass is 10.2. The molecule has 7 nitrogen and oxygen atoms in total. The van der Waals surface area contributed by atoms with Crippen LogP contribution >= 0.6 is 11.8 Å². The molecule has 0 spiro atoms. The van der Waals surface area contributed by atoms with E-state index in [-0.39, 0.29) is 36.3 Å². The first-order valence-corrected chi connectivity index (χ1v) is 8.28. The quantitative estimate of drug-likeness (QED) is 0.689.